The molecule has 0 radical (unpaired) electrons. The first-order valence-corrected chi connectivity index (χ1v) is 9.88. The Morgan fingerprint density at radius 2 is 1.89 bits per heavy atom. The van der Waals surface area contributed by atoms with Gasteiger partial charge < -0.3 is 11.1 Å². The topological polar surface area (TPSA) is 101 Å². The predicted molar refractivity (Wildman–Crippen MR) is 96.6 cm³/mol. The van der Waals surface area contributed by atoms with Crippen molar-refractivity contribution in [1.82, 2.24) is 5.32 Å². The van der Waals surface area contributed by atoms with Crippen molar-refractivity contribution in [3.05, 3.63) is 59.7 Å². The first kappa shape index (κ1) is 19.2. The molecule has 0 aliphatic heterocycles. The molecule has 1 fully saturated rings. The van der Waals surface area contributed by atoms with Gasteiger partial charge in [0.1, 0.15) is 16.5 Å². The highest BCUT2D eigenvalue weighted by molar-refractivity contribution is 7.92. The Balaban J connectivity index is 1.87. The van der Waals surface area contributed by atoms with Crippen molar-refractivity contribution in [1.29, 1.82) is 0 Å². The normalized spacial score (nSPS) is 15.2. The number of hydrogen-bond donors (Lipinski definition) is 3. The lowest BCUT2D eigenvalue weighted by Gasteiger charge is -2.18. The highest BCUT2D eigenvalue weighted by atomic mass is 32.2. The highest BCUT2D eigenvalue weighted by Crippen LogP contribution is 2.32. The quantitative estimate of drug-likeness (QED) is 0.669. The van der Waals surface area contributed by atoms with Gasteiger partial charge in [0, 0.05) is 12.6 Å². The number of sulfonamides is 1. The number of benzene rings is 2. The van der Waals surface area contributed by atoms with E-state index >= 15 is 0 Å². The van der Waals surface area contributed by atoms with E-state index in [2.05, 4.69) is 10.0 Å². The lowest BCUT2D eigenvalue weighted by atomic mass is 10.1. The zero-order valence-corrected chi connectivity index (χ0v) is 15.1. The molecule has 27 heavy (non-hydrogen) atoms. The Bertz CT molecular complexity index is 962. The van der Waals surface area contributed by atoms with E-state index in [0.29, 0.717) is 12.0 Å². The van der Waals surface area contributed by atoms with Crippen LogP contribution < -0.4 is 15.8 Å². The molecule has 144 valence electrons. The summed E-state index contributed by atoms with van der Waals surface area (Å²) in [5.74, 6) is -2.15. The van der Waals surface area contributed by atoms with Crippen LogP contribution in [0.25, 0.3) is 0 Å². The lowest BCUT2D eigenvalue weighted by Crippen LogP contribution is -2.42. The van der Waals surface area contributed by atoms with Crippen LogP contribution in [0.3, 0.4) is 0 Å². The smallest absolute Gasteiger partial charge is 0.264 e. The number of halogens is 2. The molecule has 1 aliphatic carbocycles. The molecule has 0 heterocycles. The average molecular weight is 395 g/mol. The largest absolute Gasteiger partial charge is 0.348 e. The van der Waals surface area contributed by atoms with Crippen LogP contribution in [0.1, 0.15) is 23.2 Å². The summed E-state index contributed by atoms with van der Waals surface area (Å²) in [7, 11) is -4.43. The second-order valence-electron chi connectivity index (χ2n) is 6.38. The zero-order valence-electron chi connectivity index (χ0n) is 14.3. The molecule has 0 aromatic heterocycles. The van der Waals surface area contributed by atoms with Gasteiger partial charge >= 0.3 is 0 Å². The summed E-state index contributed by atoms with van der Waals surface area (Å²) < 4.78 is 54.3. The van der Waals surface area contributed by atoms with Crippen molar-refractivity contribution in [3.63, 3.8) is 0 Å². The molecule has 2 aromatic rings. The van der Waals surface area contributed by atoms with E-state index in [4.69, 9.17) is 5.73 Å². The van der Waals surface area contributed by atoms with Gasteiger partial charge in [0.25, 0.3) is 15.9 Å². The van der Waals surface area contributed by atoms with Gasteiger partial charge in [-0.2, -0.15) is 0 Å². The molecule has 4 N–H and O–H groups in total. The molecule has 1 atom stereocenters. The predicted octanol–water partition coefficient (Wildman–Crippen LogP) is 2.23. The van der Waals surface area contributed by atoms with E-state index in [9.17, 15) is 22.0 Å². The molecule has 0 spiro atoms. The molecular formula is C18H19F2N3O3S. The summed E-state index contributed by atoms with van der Waals surface area (Å²) in [4.78, 5) is 11.7. The maximum absolute atomic E-state index is 13.9. The summed E-state index contributed by atoms with van der Waals surface area (Å²) in [5, 5.41) is 2.80. The fourth-order valence-electron chi connectivity index (χ4n) is 2.77. The van der Waals surface area contributed by atoms with Crippen molar-refractivity contribution >= 4 is 21.6 Å². The summed E-state index contributed by atoms with van der Waals surface area (Å²) >= 11 is 0. The first-order chi connectivity index (χ1) is 12.8. The molecule has 0 saturated heterocycles. The van der Waals surface area contributed by atoms with Crippen LogP contribution in [0.5, 0.6) is 0 Å². The van der Waals surface area contributed by atoms with Crippen LogP contribution >= 0.6 is 0 Å². The molecule has 1 amide bonds. The van der Waals surface area contributed by atoms with Gasteiger partial charge in [-0.1, -0.05) is 12.1 Å². The van der Waals surface area contributed by atoms with Gasteiger partial charge in [0.05, 0.1) is 11.3 Å². The minimum absolute atomic E-state index is 0.0368. The van der Waals surface area contributed by atoms with Crippen LogP contribution in [0.15, 0.2) is 47.4 Å². The Morgan fingerprint density at radius 1 is 1.19 bits per heavy atom. The van der Waals surface area contributed by atoms with E-state index in [-0.39, 0.29) is 23.8 Å². The Labute approximate surface area is 155 Å². The van der Waals surface area contributed by atoms with Crippen LogP contribution in [0.4, 0.5) is 14.5 Å². The molecule has 0 bridgehead atoms. The number of nitrogens with one attached hydrogen (secondary N) is 2. The van der Waals surface area contributed by atoms with Crippen LogP contribution in [0, 0.1) is 17.6 Å². The minimum atomic E-state index is -4.43. The SMILES string of the molecule is NCC(NC(=O)c1ccccc1NS(=O)(=O)c1cc(F)ccc1F)C1CC1. The Morgan fingerprint density at radius 3 is 2.56 bits per heavy atom. The van der Waals surface area contributed by atoms with Crippen molar-refractivity contribution in [2.24, 2.45) is 11.7 Å². The van der Waals surface area contributed by atoms with Crippen molar-refractivity contribution < 1.29 is 22.0 Å². The monoisotopic (exact) mass is 395 g/mol. The number of para-hydroxylation sites is 1. The van der Waals surface area contributed by atoms with Gasteiger partial charge in [-0.3, -0.25) is 9.52 Å². The third kappa shape index (κ3) is 4.42. The fraction of sp³-hybridized carbons (Fsp3) is 0.278. The molecule has 2 aromatic carbocycles. The van der Waals surface area contributed by atoms with Crippen LogP contribution in [-0.2, 0) is 10.0 Å². The maximum Gasteiger partial charge on any atom is 0.264 e. The Kier molecular flexibility index (Phi) is 5.43. The standard InChI is InChI=1S/C18H19F2N3O3S/c19-12-7-8-14(20)17(9-12)27(25,26)23-15-4-2-1-3-13(15)18(24)22-16(10-21)11-5-6-11/h1-4,7-9,11,16,23H,5-6,10,21H2,(H,22,24). The lowest BCUT2D eigenvalue weighted by molar-refractivity contribution is 0.0934. The third-order valence-electron chi connectivity index (χ3n) is 4.36. The highest BCUT2D eigenvalue weighted by Gasteiger charge is 2.32. The molecule has 1 unspecified atom stereocenters. The minimum Gasteiger partial charge on any atom is -0.348 e. The Hall–Kier alpha value is -2.52. The van der Waals surface area contributed by atoms with E-state index in [1.807, 2.05) is 0 Å². The van der Waals surface area contributed by atoms with Gasteiger partial charge in [-0.05, 0) is 49.1 Å². The molecule has 6 nitrogen and oxygen atoms in total. The van der Waals surface area contributed by atoms with Crippen LogP contribution in [-0.4, -0.2) is 26.9 Å². The second kappa shape index (κ2) is 7.61. The molecule has 3 rings (SSSR count). The van der Waals surface area contributed by atoms with Crippen molar-refractivity contribution in [2.45, 2.75) is 23.8 Å². The number of rotatable bonds is 7. The average Bonchev–Trinajstić information content (AvgIpc) is 3.46. The van der Waals surface area contributed by atoms with Gasteiger partial charge in [-0.25, -0.2) is 17.2 Å². The fourth-order valence-corrected chi connectivity index (χ4v) is 3.94. The van der Waals surface area contributed by atoms with E-state index < -0.39 is 32.5 Å². The number of hydrogen-bond acceptors (Lipinski definition) is 4. The van der Waals surface area contributed by atoms with Gasteiger partial charge in [0.2, 0.25) is 0 Å². The molecule has 1 aliphatic rings. The summed E-state index contributed by atoms with van der Waals surface area (Å²) in [6, 6.07) is 7.85. The van der Waals surface area contributed by atoms with Crippen molar-refractivity contribution in [2.75, 3.05) is 11.3 Å². The number of anilines is 1. The molecular weight excluding hydrogens is 376 g/mol. The summed E-state index contributed by atoms with van der Waals surface area (Å²) in [6.45, 7) is 0.277. The third-order valence-corrected chi connectivity index (χ3v) is 5.74. The number of carbonyl (C=O) groups is 1. The number of carbonyl (C=O) groups excluding carboxylic acids is 1. The van der Waals surface area contributed by atoms with E-state index in [1.54, 1.807) is 6.07 Å². The number of nitrogens with two attached hydrogens (primary N) is 1. The summed E-state index contributed by atoms with van der Waals surface area (Å²) in [5.41, 5.74) is 5.71. The zero-order chi connectivity index (χ0) is 19.6. The van der Waals surface area contributed by atoms with E-state index in [1.165, 1.54) is 18.2 Å². The van der Waals surface area contributed by atoms with Gasteiger partial charge in [-0.15, -0.1) is 0 Å². The summed E-state index contributed by atoms with van der Waals surface area (Å²) in [6.07, 6.45) is 1.96. The molecule has 1 saturated carbocycles. The van der Waals surface area contributed by atoms with Crippen LogP contribution in [0.2, 0.25) is 0 Å². The van der Waals surface area contributed by atoms with E-state index in [0.717, 1.165) is 25.0 Å². The maximum atomic E-state index is 13.9. The van der Waals surface area contributed by atoms with Crippen molar-refractivity contribution in [3.8, 4) is 0 Å². The second-order valence-corrected chi connectivity index (χ2v) is 8.03. The molecule has 9 heteroatoms. The number of amides is 1. The first-order valence-electron chi connectivity index (χ1n) is 8.39. The van der Waals surface area contributed by atoms with Gasteiger partial charge in [0.15, 0.2) is 0 Å².